The zero-order valence-electron chi connectivity index (χ0n) is 12.4. The zero-order chi connectivity index (χ0) is 16.0. The lowest BCUT2D eigenvalue weighted by Gasteiger charge is -2.31. The van der Waals surface area contributed by atoms with Crippen molar-refractivity contribution in [1.29, 1.82) is 5.26 Å². The standard InChI is InChI=1S/C16H20ClN3O2/c17-13-5-4-12(10-21)8-14(13)19-9-15(22)20-16(11-18)6-2-1-3-7-16/h4-5,8,19,21H,1-3,6-7,9-10H2,(H,20,22). The molecular formula is C16H20ClN3O2. The van der Waals surface area contributed by atoms with Gasteiger partial charge in [0.05, 0.1) is 29.9 Å². The summed E-state index contributed by atoms with van der Waals surface area (Å²) in [6.07, 6.45) is 4.45. The number of amides is 1. The van der Waals surface area contributed by atoms with Gasteiger partial charge in [-0.25, -0.2) is 0 Å². The van der Waals surface area contributed by atoms with E-state index in [2.05, 4.69) is 16.7 Å². The van der Waals surface area contributed by atoms with Crippen molar-refractivity contribution < 1.29 is 9.90 Å². The molecule has 1 aromatic carbocycles. The summed E-state index contributed by atoms with van der Waals surface area (Å²) in [7, 11) is 0. The summed E-state index contributed by atoms with van der Waals surface area (Å²) in [5.74, 6) is -0.228. The minimum absolute atomic E-state index is 0.0397. The van der Waals surface area contributed by atoms with E-state index in [4.69, 9.17) is 16.7 Å². The third-order valence-corrected chi connectivity index (χ3v) is 4.28. The maximum atomic E-state index is 12.1. The lowest BCUT2D eigenvalue weighted by molar-refractivity contribution is -0.121. The second-order valence-corrected chi connectivity index (χ2v) is 6.04. The van der Waals surface area contributed by atoms with E-state index in [0.29, 0.717) is 29.1 Å². The van der Waals surface area contributed by atoms with Gasteiger partial charge in [0.15, 0.2) is 0 Å². The molecule has 22 heavy (non-hydrogen) atoms. The van der Waals surface area contributed by atoms with Crippen molar-refractivity contribution in [2.24, 2.45) is 0 Å². The van der Waals surface area contributed by atoms with Crippen molar-refractivity contribution in [3.8, 4) is 6.07 Å². The lowest BCUT2D eigenvalue weighted by atomic mass is 9.83. The normalized spacial score (nSPS) is 16.6. The molecule has 3 N–H and O–H groups in total. The Morgan fingerprint density at radius 3 is 2.73 bits per heavy atom. The third kappa shape index (κ3) is 4.12. The fourth-order valence-electron chi connectivity index (χ4n) is 2.71. The molecule has 6 heteroatoms. The van der Waals surface area contributed by atoms with Gasteiger partial charge in [0.25, 0.3) is 0 Å². The molecule has 2 rings (SSSR count). The van der Waals surface area contributed by atoms with Crippen LogP contribution in [0.25, 0.3) is 0 Å². The van der Waals surface area contributed by atoms with Gasteiger partial charge in [-0.2, -0.15) is 5.26 Å². The largest absolute Gasteiger partial charge is 0.392 e. The second kappa shape index (κ2) is 7.48. The number of anilines is 1. The number of halogens is 1. The van der Waals surface area contributed by atoms with Crippen LogP contribution in [-0.2, 0) is 11.4 Å². The van der Waals surface area contributed by atoms with Gasteiger partial charge >= 0.3 is 0 Å². The van der Waals surface area contributed by atoms with E-state index in [9.17, 15) is 10.1 Å². The molecule has 118 valence electrons. The fraction of sp³-hybridized carbons (Fsp3) is 0.500. The van der Waals surface area contributed by atoms with Crippen molar-refractivity contribution >= 4 is 23.2 Å². The van der Waals surface area contributed by atoms with E-state index in [0.717, 1.165) is 19.3 Å². The van der Waals surface area contributed by atoms with E-state index in [1.54, 1.807) is 18.2 Å². The predicted molar refractivity (Wildman–Crippen MR) is 85.4 cm³/mol. The number of aliphatic hydroxyl groups is 1. The molecule has 1 amide bonds. The highest BCUT2D eigenvalue weighted by Crippen LogP contribution is 2.27. The van der Waals surface area contributed by atoms with E-state index in [1.165, 1.54) is 0 Å². The molecule has 1 aromatic rings. The highest BCUT2D eigenvalue weighted by atomic mass is 35.5. The van der Waals surface area contributed by atoms with Crippen molar-refractivity contribution in [1.82, 2.24) is 5.32 Å². The minimum atomic E-state index is -0.728. The Morgan fingerprint density at radius 1 is 1.36 bits per heavy atom. The first-order valence-corrected chi connectivity index (χ1v) is 7.82. The molecule has 5 nitrogen and oxygen atoms in total. The maximum Gasteiger partial charge on any atom is 0.240 e. The SMILES string of the molecule is N#CC1(NC(=O)CNc2cc(CO)ccc2Cl)CCCCC1. The van der Waals surface area contributed by atoms with Crippen molar-refractivity contribution in [3.63, 3.8) is 0 Å². The average Bonchev–Trinajstić information content (AvgIpc) is 2.55. The fourth-order valence-corrected chi connectivity index (χ4v) is 2.90. The number of benzene rings is 1. The number of rotatable bonds is 5. The number of nitriles is 1. The molecule has 1 saturated carbocycles. The van der Waals surface area contributed by atoms with Gasteiger partial charge in [-0.05, 0) is 30.5 Å². The Hall–Kier alpha value is -1.77. The minimum Gasteiger partial charge on any atom is -0.392 e. The number of hydrogen-bond donors (Lipinski definition) is 3. The Bertz CT molecular complexity index is 577. The third-order valence-electron chi connectivity index (χ3n) is 3.95. The molecule has 0 radical (unpaired) electrons. The smallest absolute Gasteiger partial charge is 0.240 e. The van der Waals surface area contributed by atoms with E-state index < -0.39 is 5.54 Å². The molecular weight excluding hydrogens is 302 g/mol. The van der Waals surface area contributed by atoms with Crippen LogP contribution >= 0.6 is 11.6 Å². The molecule has 0 saturated heterocycles. The lowest BCUT2D eigenvalue weighted by Crippen LogP contribution is -2.50. The van der Waals surface area contributed by atoms with E-state index in [1.807, 2.05) is 0 Å². The number of nitrogens with one attached hydrogen (secondary N) is 2. The van der Waals surface area contributed by atoms with Crippen molar-refractivity contribution in [3.05, 3.63) is 28.8 Å². The van der Waals surface area contributed by atoms with Crippen LogP contribution in [0.3, 0.4) is 0 Å². The Balaban J connectivity index is 1.94. The highest BCUT2D eigenvalue weighted by Gasteiger charge is 2.33. The van der Waals surface area contributed by atoms with Crippen LogP contribution in [0.1, 0.15) is 37.7 Å². The summed E-state index contributed by atoms with van der Waals surface area (Å²) in [4.78, 5) is 12.1. The van der Waals surface area contributed by atoms with Crippen LogP contribution in [0.4, 0.5) is 5.69 Å². The zero-order valence-corrected chi connectivity index (χ0v) is 13.1. The molecule has 1 fully saturated rings. The molecule has 0 aliphatic heterocycles. The highest BCUT2D eigenvalue weighted by molar-refractivity contribution is 6.33. The van der Waals surface area contributed by atoms with Gasteiger partial charge in [0.1, 0.15) is 5.54 Å². The number of hydrogen-bond acceptors (Lipinski definition) is 4. The van der Waals surface area contributed by atoms with Gasteiger partial charge in [0, 0.05) is 0 Å². The summed E-state index contributed by atoms with van der Waals surface area (Å²) in [5.41, 5.74) is 0.583. The topological polar surface area (TPSA) is 85.2 Å². The quantitative estimate of drug-likeness (QED) is 0.778. The van der Waals surface area contributed by atoms with Crippen molar-refractivity contribution in [2.45, 2.75) is 44.2 Å². The molecule has 0 atom stereocenters. The maximum absolute atomic E-state index is 12.1. The van der Waals surface area contributed by atoms with Gasteiger partial charge < -0.3 is 15.7 Å². The van der Waals surface area contributed by atoms with E-state index in [-0.39, 0.29) is 19.1 Å². The van der Waals surface area contributed by atoms with Gasteiger partial charge in [0.2, 0.25) is 5.91 Å². The number of carbonyl (C=O) groups is 1. The van der Waals surface area contributed by atoms with Crippen LogP contribution in [0, 0.1) is 11.3 Å². The summed E-state index contributed by atoms with van der Waals surface area (Å²) in [5, 5.41) is 24.8. The Morgan fingerprint density at radius 2 is 2.09 bits per heavy atom. The summed E-state index contributed by atoms with van der Waals surface area (Å²) < 4.78 is 0. The van der Waals surface area contributed by atoms with Crippen LogP contribution in [0.2, 0.25) is 5.02 Å². The second-order valence-electron chi connectivity index (χ2n) is 5.63. The van der Waals surface area contributed by atoms with Crippen molar-refractivity contribution in [2.75, 3.05) is 11.9 Å². The Kier molecular flexibility index (Phi) is 5.64. The van der Waals surface area contributed by atoms with Crippen LogP contribution < -0.4 is 10.6 Å². The van der Waals surface area contributed by atoms with Gasteiger partial charge in [-0.1, -0.05) is 36.9 Å². The predicted octanol–water partition coefficient (Wildman–Crippen LogP) is 2.59. The molecule has 0 spiro atoms. The first kappa shape index (κ1) is 16.6. The molecule has 0 unspecified atom stereocenters. The van der Waals surface area contributed by atoms with Crippen LogP contribution in [0.5, 0.6) is 0 Å². The monoisotopic (exact) mass is 321 g/mol. The van der Waals surface area contributed by atoms with Gasteiger partial charge in [-0.15, -0.1) is 0 Å². The molecule has 1 aliphatic carbocycles. The van der Waals surface area contributed by atoms with Gasteiger partial charge in [-0.3, -0.25) is 4.79 Å². The number of nitrogens with zero attached hydrogens (tertiary/aromatic N) is 1. The summed E-state index contributed by atoms with van der Waals surface area (Å²) >= 11 is 6.05. The molecule has 0 heterocycles. The molecule has 1 aliphatic rings. The Labute approximate surface area is 135 Å². The van der Waals surface area contributed by atoms with Crippen LogP contribution in [0.15, 0.2) is 18.2 Å². The first-order chi connectivity index (χ1) is 10.6. The molecule has 0 bridgehead atoms. The summed E-state index contributed by atoms with van der Waals surface area (Å²) in [6.45, 7) is -0.0480. The summed E-state index contributed by atoms with van der Waals surface area (Å²) in [6, 6.07) is 7.36. The first-order valence-electron chi connectivity index (χ1n) is 7.44. The number of aliphatic hydroxyl groups excluding tert-OH is 1. The average molecular weight is 322 g/mol. The molecule has 0 aromatic heterocycles. The van der Waals surface area contributed by atoms with Crippen LogP contribution in [-0.4, -0.2) is 23.1 Å². The number of carbonyl (C=O) groups excluding carboxylic acids is 1. The van der Waals surface area contributed by atoms with E-state index >= 15 is 0 Å².